The minimum absolute atomic E-state index is 0.123. The molecule has 0 bridgehead atoms. The zero-order chi connectivity index (χ0) is 20.6. The molecule has 0 aliphatic carbocycles. The number of pyridine rings is 1. The molecule has 2 N–H and O–H groups in total. The number of anilines is 2. The number of carbonyl (C=O) groups is 1. The van der Waals surface area contributed by atoms with Crippen LogP contribution in [0.15, 0.2) is 23.5 Å². The van der Waals surface area contributed by atoms with Crippen molar-refractivity contribution in [2.24, 2.45) is 10.9 Å². The molecule has 1 saturated heterocycles. The van der Waals surface area contributed by atoms with Crippen molar-refractivity contribution < 1.29 is 9.53 Å². The molecular weight excluding hydrogens is 368 g/mol. The number of methoxy groups -OCH3 is 1. The van der Waals surface area contributed by atoms with Crippen molar-refractivity contribution in [2.45, 2.75) is 25.7 Å². The number of hydrogen-bond donors (Lipinski definition) is 1. The number of aliphatic imine (C=N–C) groups is 1. The van der Waals surface area contributed by atoms with Crippen LogP contribution in [-0.2, 0) is 16.0 Å². The highest BCUT2D eigenvalue weighted by molar-refractivity contribution is 5.88. The molecule has 2 aromatic heterocycles. The summed E-state index contributed by atoms with van der Waals surface area (Å²) in [7, 11) is 3.39. The van der Waals surface area contributed by atoms with Crippen LogP contribution in [0, 0.1) is 5.92 Å². The van der Waals surface area contributed by atoms with Gasteiger partial charge in [0.25, 0.3) is 0 Å². The topological polar surface area (TPSA) is 107 Å². The Bertz CT molecular complexity index is 862. The number of hydrogen-bond acceptors (Lipinski definition) is 8. The summed E-state index contributed by atoms with van der Waals surface area (Å²) >= 11 is 0. The zero-order valence-electron chi connectivity index (χ0n) is 17.0. The highest BCUT2D eigenvalue weighted by Gasteiger charge is 2.23. The molecule has 1 aliphatic rings. The number of aryl methyl sites for hydroxylation is 1. The van der Waals surface area contributed by atoms with Crippen LogP contribution in [-0.4, -0.2) is 61.3 Å². The summed E-state index contributed by atoms with van der Waals surface area (Å²) in [5.41, 5.74) is 9.25. The second-order valence-corrected chi connectivity index (χ2v) is 7.18. The monoisotopic (exact) mass is 396 g/mol. The van der Waals surface area contributed by atoms with Crippen LogP contribution in [0.4, 0.5) is 11.6 Å². The van der Waals surface area contributed by atoms with E-state index in [-0.39, 0.29) is 5.92 Å². The van der Waals surface area contributed by atoms with E-state index in [1.54, 1.807) is 26.6 Å². The van der Waals surface area contributed by atoms with E-state index in [2.05, 4.69) is 14.9 Å². The third kappa shape index (κ3) is 5.14. The molecule has 0 atom stereocenters. The number of aldehydes is 1. The van der Waals surface area contributed by atoms with Gasteiger partial charge in [0.1, 0.15) is 17.8 Å². The molecule has 0 saturated carbocycles. The first kappa shape index (κ1) is 20.9. The molecule has 3 rings (SSSR count). The predicted molar refractivity (Wildman–Crippen MR) is 114 cm³/mol. The lowest BCUT2D eigenvalue weighted by Gasteiger charge is -2.31. The van der Waals surface area contributed by atoms with Crippen molar-refractivity contribution in [1.82, 2.24) is 15.0 Å². The lowest BCUT2D eigenvalue weighted by Crippen LogP contribution is -2.35. The normalized spacial score (nSPS) is 15.2. The summed E-state index contributed by atoms with van der Waals surface area (Å²) in [6.45, 7) is 2.24. The van der Waals surface area contributed by atoms with Crippen molar-refractivity contribution >= 4 is 24.1 Å². The van der Waals surface area contributed by atoms with Gasteiger partial charge in [-0.2, -0.15) is 0 Å². The summed E-state index contributed by atoms with van der Waals surface area (Å²) < 4.78 is 5.15. The van der Waals surface area contributed by atoms with Crippen molar-refractivity contribution in [3.63, 3.8) is 0 Å². The Morgan fingerprint density at radius 2 is 2.10 bits per heavy atom. The smallest absolute Gasteiger partial charge is 0.155 e. The van der Waals surface area contributed by atoms with E-state index < -0.39 is 0 Å². The molecule has 3 heterocycles. The average Bonchev–Trinajstić information content (AvgIpc) is 2.76. The van der Waals surface area contributed by atoms with Gasteiger partial charge in [-0.15, -0.1) is 0 Å². The number of rotatable bonds is 8. The summed E-state index contributed by atoms with van der Waals surface area (Å²) in [5, 5.41) is 0. The van der Waals surface area contributed by atoms with Crippen molar-refractivity contribution in [3.8, 4) is 11.3 Å². The largest absolute Gasteiger partial charge is 0.385 e. The Morgan fingerprint density at radius 3 is 2.79 bits per heavy atom. The van der Waals surface area contributed by atoms with Gasteiger partial charge in [-0.25, -0.2) is 9.97 Å². The van der Waals surface area contributed by atoms with E-state index in [9.17, 15) is 4.79 Å². The quantitative estimate of drug-likeness (QED) is 0.414. The van der Waals surface area contributed by atoms with Gasteiger partial charge in [-0.3, -0.25) is 9.98 Å². The lowest BCUT2D eigenvalue weighted by molar-refractivity contribution is -0.111. The molecule has 154 valence electrons. The van der Waals surface area contributed by atoms with Crippen LogP contribution >= 0.6 is 0 Å². The molecule has 0 aromatic carbocycles. The first-order valence-electron chi connectivity index (χ1n) is 9.89. The van der Waals surface area contributed by atoms with Gasteiger partial charge in [-0.1, -0.05) is 0 Å². The first-order chi connectivity index (χ1) is 14.2. The Morgan fingerprint density at radius 1 is 1.31 bits per heavy atom. The first-order valence-corrected chi connectivity index (χ1v) is 9.89. The van der Waals surface area contributed by atoms with Crippen LogP contribution in [0.25, 0.3) is 11.3 Å². The highest BCUT2D eigenvalue weighted by Crippen LogP contribution is 2.31. The van der Waals surface area contributed by atoms with Crippen LogP contribution in [0.2, 0.25) is 0 Å². The second kappa shape index (κ2) is 10.1. The number of ether oxygens (including phenoxy) is 1. The van der Waals surface area contributed by atoms with Crippen molar-refractivity contribution in [1.29, 1.82) is 0 Å². The van der Waals surface area contributed by atoms with Crippen molar-refractivity contribution in [3.05, 3.63) is 29.7 Å². The summed E-state index contributed by atoms with van der Waals surface area (Å²) in [4.78, 5) is 31.4. The number of carbonyl (C=O) groups excluding carboxylic acids is 1. The standard InChI is InChI=1S/C21H28N6O2/c1-23-11-17-10-16(12-25-20(17)22)19-21(27-7-5-15(14-28)6-8-27)26-18(13-24-19)4-3-9-29-2/h10-15H,3-9H2,1-2H3,(H2,22,25). The van der Waals surface area contributed by atoms with Gasteiger partial charge in [0.15, 0.2) is 5.82 Å². The number of nitrogens with zero attached hydrogens (tertiary/aromatic N) is 5. The SMILES string of the molecule is CN=Cc1cc(-c2ncc(CCCOC)nc2N2CCC(C=O)CC2)cnc1N. The molecule has 0 amide bonds. The Balaban J connectivity index is 1.97. The van der Waals surface area contributed by atoms with Gasteiger partial charge in [0, 0.05) is 69.5 Å². The molecule has 8 nitrogen and oxygen atoms in total. The molecular formula is C21H28N6O2. The van der Waals surface area contributed by atoms with Crippen LogP contribution in [0.5, 0.6) is 0 Å². The maximum Gasteiger partial charge on any atom is 0.155 e. The minimum atomic E-state index is 0.123. The van der Waals surface area contributed by atoms with Gasteiger partial charge in [-0.05, 0) is 31.7 Å². The van der Waals surface area contributed by atoms with Gasteiger partial charge < -0.3 is 20.2 Å². The molecule has 1 aliphatic heterocycles. The zero-order valence-corrected chi connectivity index (χ0v) is 17.0. The van der Waals surface area contributed by atoms with Crippen LogP contribution in [0.1, 0.15) is 30.5 Å². The number of piperidine rings is 1. The van der Waals surface area contributed by atoms with Crippen LogP contribution in [0.3, 0.4) is 0 Å². The lowest BCUT2D eigenvalue weighted by atomic mass is 9.98. The summed E-state index contributed by atoms with van der Waals surface area (Å²) in [6, 6.07) is 1.94. The molecule has 0 spiro atoms. The molecule has 1 fully saturated rings. The fourth-order valence-electron chi connectivity index (χ4n) is 3.47. The summed E-state index contributed by atoms with van der Waals surface area (Å²) in [6.07, 6.45) is 9.62. The van der Waals surface area contributed by atoms with Gasteiger partial charge in [0.2, 0.25) is 0 Å². The molecule has 8 heteroatoms. The third-order valence-electron chi connectivity index (χ3n) is 5.11. The molecule has 0 unspecified atom stereocenters. The van der Waals surface area contributed by atoms with Crippen LogP contribution < -0.4 is 10.6 Å². The van der Waals surface area contributed by atoms with Gasteiger partial charge >= 0.3 is 0 Å². The third-order valence-corrected chi connectivity index (χ3v) is 5.11. The van der Waals surface area contributed by atoms with E-state index in [4.69, 9.17) is 20.4 Å². The Hall–Kier alpha value is -2.87. The number of nitrogen functional groups attached to an aromatic ring is 1. The number of aromatic nitrogens is 3. The van der Waals surface area contributed by atoms with E-state index in [1.165, 1.54) is 0 Å². The Labute approximate surface area is 171 Å². The minimum Gasteiger partial charge on any atom is -0.385 e. The second-order valence-electron chi connectivity index (χ2n) is 7.18. The average molecular weight is 396 g/mol. The fraction of sp³-hybridized carbons (Fsp3) is 0.476. The number of nitrogens with two attached hydrogens (primary N) is 1. The maximum atomic E-state index is 11.1. The van der Waals surface area contributed by atoms with E-state index in [1.807, 2.05) is 12.3 Å². The predicted octanol–water partition coefficient (Wildman–Crippen LogP) is 2.16. The fourth-order valence-corrected chi connectivity index (χ4v) is 3.47. The summed E-state index contributed by atoms with van der Waals surface area (Å²) in [5.74, 6) is 1.38. The maximum absolute atomic E-state index is 11.1. The van der Waals surface area contributed by atoms with E-state index in [0.717, 1.165) is 73.4 Å². The van der Waals surface area contributed by atoms with Gasteiger partial charge in [0.05, 0.1) is 5.69 Å². The van der Waals surface area contributed by atoms with E-state index in [0.29, 0.717) is 12.4 Å². The van der Waals surface area contributed by atoms with Crippen molar-refractivity contribution in [2.75, 3.05) is 44.5 Å². The highest BCUT2D eigenvalue weighted by atomic mass is 16.5. The molecule has 0 radical (unpaired) electrons. The Kier molecular flexibility index (Phi) is 7.24. The molecule has 29 heavy (non-hydrogen) atoms. The van der Waals surface area contributed by atoms with E-state index >= 15 is 0 Å². The molecule has 2 aromatic rings.